The maximum atomic E-state index is 13.0. The minimum absolute atomic E-state index is 0.0588. The van der Waals surface area contributed by atoms with Gasteiger partial charge in [0.1, 0.15) is 35.4 Å². The van der Waals surface area contributed by atoms with Gasteiger partial charge in [-0.15, -0.1) is 5.10 Å². The van der Waals surface area contributed by atoms with Gasteiger partial charge in [0.25, 0.3) is 0 Å². The first-order valence-electron chi connectivity index (χ1n) is 24.4. The van der Waals surface area contributed by atoms with Crippen molar-refractivity contribution < 1.29 is 32.5 Å². The maximum Gasteiger partial charge on any atom is 0.438 e. The fourth-order valence-corrected chi connectivity index (χ4v) is 5.55. The molecule has 3 aliphatic rings. The van der Waals surface area contributed by atoms with Gasteiger partial charge >= 0.3 is 5.76 Å². The van der Waals surface area contributed by atoms with Crippen molar-refractivity contribution in [1.82, 2.24) is 52.2 Å². The predicted molar refractivity (Wildman–Crippen MR) is 288 cm³/mol. The largest absolute Gasteiger partial charge is 0.503 e. The monoisotopic (exact) mass is 1050 g/mol. The number of hydrogen-bond donors (Lipinski definition) is 7. The normalized spacial score (nSPS) is 13.1. The van der Waals surface area contributed by atoms with Crippen molar-refractivity contribution in [2.45, 2.75) is 154 Å². The van der Waals surface area contributed by atoms with Gasteiger partial charge in [0, 0.05) is 46.8 Å². The minimum atomic E-state index is -0.920. The number of rotatable bonds is 8. The average molecular weight is 1050 g/mol. The fourth-order valence-electron chi connectivity index (χ4n) is 5.55. The van der Waals surface area contributed by atoms with Crippen LogP contribution in [0.4, 0.5) is 8.78 Å². The molecule has 0 unspecified atom stereocenters. The van der Waals surface area contributed by atoms with E-state index in [9.17, 15) is 23.2 Å². The van der Waals surface area contributed by atoms with Crippen LogP contribution in [0.2, 0.25) is 0 Å². The molecule has 2 aromatic carbocycles. The molecule has 5 aromatic rings. The number of hydrogen-bond acceptors (Lipinski definition) is 19. The van der Waals surface area contributed by atoms with E-state index in [-0.39, 0.29) is 28.6 Å². The number of aliphatic imine (C=N–C) groups is 2. The molecule has 6 heterocycles. The third-order valence-electron chi connectivity index (χ3n) is 9.93. The Labute approximate surface area is 438 Å². The maximum absolute atomic E-state index is 13.0. The molecule has 414 valence electrons. The fraction of sp³-hybridized carbons (Fsp3) is 0.500. The summed E-state index contributed by atoms with van der Waals surface area (Å²) in [6.07, 6.45) is 1.52. The van der Waals surface area contributed by atoms with Crippen molar-refractivity contribution in [2.24, 2.45) is 32.8 Å². The second-order valence-electron chi connectivity index (χ2n) is 19.3. The molecule has 21 nitrogen and oxygen atoms in total. The van der Waals surface area contributed by atoms with E-state index in [1.165, 1.54) is 12.4 Å². The zero-order valence-corrected chi connectivity index (χ0v) is 46.7. The van der Waals surface area contributed by atoms with Gasteiger partial charge in [-0.1, -0.05) is 134 Å². The number of amidine groups is 2. The second kappa shape index (κ2) is 31.8. The second-order valence-corrected chi connectivity index (χ2v) is 19.3. The molecule has 8 rings (SSSR count). The van der Waals surface area contributed by atoms with Crippen molar-refractivity contribution >= 4 is 17.6 Å². The Balaban J connectivity index is 0.000000430. The molecule has 3 aliphatic heterocycles. The molecule has 0 atom stereocenters. The molecule has 0 amide bonds. The van der Waals surface area contributed by atoms with E-state index in [0.29, 0.717) is 75.6 Å². The van der Waals surface area contributed by atoms with Crippen LogP contribution in [0.3, 0.4) is 0 Å². The summed E-state index contributed by atoms with van der Waals surface area (Å²) in [6, 6.07) is 4.37. The van der Waals surface area contributed by atoms with Crippen molar-refractivity contribution in [3.63, 3.8) is 0 Å². The van der Waals surface area contributed by atoms with Crippen molar-refractivity contribution in [3.05, 3.63) is 144 Å². The molecular formula is C52H79F2N13O8. The average Bonchev–Trinajstić information content (AvgIpc) is 4.20. The van der Waals surface area contributed by atoms with Crippen LogP contribution in [0.1, 0.15) is 180 Å². The summed E-state index contributed by atoms with van der Waals surface area (Å²) < 4.78 is 39.8. The number of aromatic nitrogens is 6. The standard InChI is InChI=1S/C9H10F2O.C8H10O2.C7H11NO.C6H11N3.2C6H10N2O.C5H9N3.C5H8N2O2/c1-5(2)6-3-4-7(10)9(12)8(6)11;1-4(2)6-5(3)7(9)8(6)10;1-5(2)7-4-6(3)9-8-7;1-4(2)6-7-5(3)8-9-6;1-4(2)6-8-7-5(3)9-6;1-4(2)6-7-5(3)9-8-6;1-4(2)5-6-3-7-8-5;1-3(2)4-6-5(8)9-7-4/h3-5,12H,1-2H3;4H,1-3H3;4-5H,1-3H3;4,8H,3H2,1-2H3,(H,7,9);4,7H,3H2,1-2H3;4H,3H2,1-2H3,(H,7,8);3-4H,1-2H3,(H,6,7,8);3H,1-2H3,(H,6,7,8). The van der Waals surface area contributed by atoms with Crippen molar-refractivity contribution in [2.75, 3.05) is 0 Å². The molecule has 0 radical (unpaired) electrons. The zero-order valence-electron chi connectivity index (χ0n) is 46.7. The van der Waals surface area contributed by atoms with Gasteiger partial charge in [0.15, 0.2) is 23.2 Å². The van der Waals surface area contributed by atoms with Crippen molar-refractivity contribution in [3.8, 4) is 5.75 Å². The topological polar surface area (TPSA) is 285 Å². The first-order chi connectivity index (χ1) is 34.9. The number of aryl methyl sites for hydroxylation is 1. The molecule has 0 fully saturated rings. The number of halogens is 2. The molecule has 23 heteroatoms. The number of phenols is 1. The Morgan fingerprint density at radius 3 is 1.55 bits per heavy atom. The molecule has 0 spiro atoms. The number of phenolic OH excluding ortho intramolecular Hbond substituents is 1. The van der Waals surface area contributed by atoms with E-state index < -0.39 is 23.1 Å². The van der Waals surface area contributed by atoms with Gasteiger partial charge in [-0.05, 0) is 56.4 Å². The predicted octanol–water partition coefficient (Wildman–Crippen LogP) is 9.74. The minimum Gasteiger partial charge on any atom is -0.503 e. The molecule has 3 aromatic heterocycles. The molecule has 0 bridgehead atoms. The molecule has 0 saturated carbocycles. The third kappa shape index (κ3) is 22.9. The summed E-state index contributed by atoms with van der Waals surface area (Å²) in [6.45, 7) is 46.1. The lowest BCUT2D eigenvalue weighted by molar-refractivity contribution is 0.176. The number of ether oxygens (including phenoxy) is 1. The van der Waals surface area contributed by atoms with Crippen molar-refractivity contribution in [1.29, 1.82) is 0 Å². The Morgan fingerprint density at radius 2 is 1.28 bits per heavy atom. The smallest absolute Gasteiger partial charge is 0.438 e. The van der Waals surface area contributed by atoms with E-state index in [0.717, 1.165) is 35.0 Å². The van der Waals surface area contributed by atoms with Gasteiger partial charge in [0.2, 0.25) is 28.5 Å². The number of nitrogens with one attached hydrogen (secondary N) is 6. The van der Waals surface area contributed by atoms with Gasteiger partial charge in [-0.25, -0.2) is 34.5 Å². The van der Waals surface area contributed by atoms with Crippen LogP contribution in [0.15, 0.2) is 100 Å². The number of aromatic hydroxyl groups is 1. The number of aromatic amines is 2. The van der Waals surface area contributed by atoms with Gasteiger partial charge in [-0.2, -0.15) is 10.1 Å². The van der Waals surface area contributed by atoms with Crippen LogP contribution >= 0.6 is 0 Å². The van der Waals surface area contributed by atoms with Crippen LogP contribution in [-0.2, 0) is 9.57 Å². The molecule has 0 aliphatic carbocycles. The number of hydrazone groups is 1. The zero-order chi connectivity index (χ0) is 57.4. The molecule has 75 heavy (non-hydrogen) atoms. The van der Waals surface area contributed by atoms with Crippen LogP contribution in [0.25, 0.3) is 0 Å². The summed E-state index contributed by atoms with van der Waals surface area (Å²) in [5.74, 6) is 5.89. The van der Waals surface area contributed by atoms with Crippen LogP contribution in [0.5, 0.6) is 5.75 Å². The quantitative estimate of drug-likeness (QED) is 0.0712. The van der Waals surface area contributed by atoms with E-state index in [1.54, 1.807) is 20.8 Å². The summed E-state index contributed by atoms with van der Waals surface area (Å²) in [5, 5.41) is 26.5. The van der Waals surface area contributed by atoms with Crippen LogP contribution < -0.4 is 38.4 Å². The molecular weight excluding hydrogens is 973 g/mol. The van der Waals surface area contributed by atoms with Gasteiger partial charge < -0.3 is 19.2 Å². The highest BCUT2D eigenvalue weighted by Crippen LogP contribution is 2.27. The summed E-state index contributed by atoms with van der Waals surface area (Å²) in [5.41, 5.74) is 13.1. The SMILES string of the molecule is C=C1N=C(C(C)C)NN1.C=C1N=C(C(C)C)NO1.C=C1NN=C(C(C)C)O1.CC(C)c1ccc(F)c(O)c1F.CC(C)c1ncn[nH]1.CC(C)c1noc(=O)[nH]1.Cc1c(C(C)C)c(=O)c1=O.Cc1cc(C(C)C)no1. The number of hydroxylamine groups is 1. The number of hydrazine groups is 1. The highest BCUT2D eigenvalue weighted by Gasteiger charge is 2.19. The van der Waals surface area contributed by atoms with Gasteiger partial charge in [-0.3, -0.25) is 35.0 Å². The molecule has 7 N–H and O–H groups in total. The van der Waals surface area contributed by atoms with E-state index in [2.05, 4.69) is 133 Å². The highest BCUT2D eigenvalue weighted by molar-refractivity contribution is 5.86. The number of nitrogens with zero attached hydrogens (tertiary/aromatic N) is 7. The van der Waals surface area contributed by atoms with E-state index in [4.69, 9.17) is 19.2 Å². The first-order valence-corrected chi connectivity index (χ1v) is 24.4. The Morgan fingerprint density at radius 1 is 0.667 bits per heavy atom. The Hall–Kier alpha value is -7.72. The first kappa shape index (κ1) is 65.3. The summed E-state index contributed by atoms with van der Waals surface area (Å²) in [4.78, 5) is 51.0. The lowest BCUT2D eigenvalue weighted by Gasteiger charge is -2.08. The van der Waals surface area contributed by atoms with E-state index in [1.807, 2.05) is 68.4 Å². The van der Waals surface area contributed by atoms with Crippen LogP contribution in [-0.4, -0.2) is 53.2 Å². The van der Waals surface area contributed by atoms with Gasteiger partial charge in [0.05, 0.1) is 5.69 Å². The summed E-state index contributed by atoms with van der Waals surface area (Å²) >= 11 is 0. The number of benzene rings is 1. The summed E-state index contributed by atoms with van der Waals surface area (Å²) in [7, 11) is 0. The Bertz CT molecular complexity index is 2750. The lowest BCUT2D eigenvalue weighted by atomic mass is 9.93. The highest BCUT2D eigenvalue weighted by atomic mass is 19.1. The van der Waals surface area contributed by atoms with E-state index >= 15 is 0 Å². The lowest BCUT2D eigenvalue weighted by Crippen LogP contribution is -2.38. The molecule has 0 saturated heterocycles. The third-order valence-corrected chi connectivity index (χ3v) is 9.93. The van der Waals surface area contributed by atoms with Crippen LogP contribution in [0, 0.1) is 43.2 Å². The Kier molecular flexibility index (Phi) is 27.7. The number of H-pyrrole nitrogens is 2.